The molecule has 0 aliphatic rings. The fourth-order valence-corrected chi connectivity index (χ4v) is 3.91. The molecule has 0 aliphatic carbocycles. The monoisotopic (exact) mass is 396 g/mol. The van der Waals surface area contributed by atoms with Crippen molar-refractivity contribution in [2.45, 2.75) is 25.7 Å². The van der Waals surface area contributed by atoms with Gasteiger partial charge in [-0.2, -0.15) is 0 Å². The molecule has 2 aromatic rings. The number of sulfonamides is 1. The summed E-state index contributed by atoms with van der Waals surface area (Å²) in [5.74, 6) is 0.123. The van der Waals surface area contributed by atoms with Crippen molar-refractivity contribution in [3.8, 4) is 5.75 Å². The molecule has 0 heterocycles. The molecule has 6 nitrogen and oxygen atoms in total. The maximum absolute atomic E-state index is 12.5. The van der Waals surface area contributed by atoms with Gasteiger partial charge in [-0.05, 0) is 61.7 Å². The third-order valence-electron chi connectivity index (χ3n) is 3.95. The fraction of sp³-hybridized carbons (Fsp3) is 0.278. The quantitative estimate of drug-likeness (QED) is 0.785. The normalized spacial score (nSPS) is 11.3. The van der Waals surface area contributed by atoms with Gasteiger partial charge in [0.25, 0.3) is 0 Å². The summed E-state index contributed by atoms with van der Waals surface area (Å²) < 4.78 is 32.6. The second-order valence-corrected chi connectivity index (χ2v) is 8.02. The molecule has 0 unspecified atom stereocenters. The Labute approximate surface area is 158 Å². The highest BCUT2D eigenvalue weighted by molar-refractivity contribution is 7.89. The standard InChI is InChI=1S/C18H21ClN2O4S/c1-11-9-17(12(2)8-16(11)25-4)26(23,24)20-10-18(22)21-15-7-5-6-14(19)13(15)3/h5-9,20H,10H2,1-4H3,(H,21,22). The lowest BCUT2D eigenvalue weighted by Gasteiger charge is -2.13. The number of carbonyl (C=O) groups excluding carboxylic acids is 1. The van der Waals surface area contributed by atoms with E-state index in [0.29, 0.717) is 33.1 Å². The first kappa shape index (κ1) is 20.2. The highest BCUT2D eigenvalue weighted by Gasteiger charge is 2.20. The predicted octanol–water partition coefficient (Wildman–Crippen LogP) is 3.19. The molecule has 0 aromatic heterocycles. The van der Waals surface area contributed by atoms with Crippen LogP contribution in [0, 0.1) is 20.8 Å². The lowest BCUT2D eigenvalue weighted by Crippen LogP contribution is -2.33. The second kappa shape index (κ2) is 8.07. The van der Waals surface area contributed by atoms with Crippen LogP contribution in [-0.4, -0.2) is 28.0 Å². The number of ether oxygens (including phenoxy) is 1. The van der Waals surface area contributed by atoms with Gasteiger partial charge in [0, 0.05) is 10.7 Å². The van der Waals surface area contributed by atoms with Crippen LogP contribution in [0.4, 0.5) is 5.69 Å². The van der Waals surface area contributed by atoms with E-state index < -0.39 is 22.5 Å². The van der Waals surface area contributed by atoms with Crippen molar-refractivity contribution in [2.24, 2.45) is 0 Å². The van der Waals surface area contributed by atoms with Gasteiger partial charge in [0.15, 0.2) is 0 Å². The number of carbonyl (C=O) groups is 1. The molecule has 0 atom stereocenters. The second-order valence-electron chi connectivity index (χ2n) is 5.87. The molecule has 0 spiro atoms. The van der Waals surface area contributed by atoms with Crippen LogP contribution in [-0.2, 0) is 14.8 Å². The molecule has 8 heteroatoms. The molecule has 0 fully saturated rings. The van der Waals surface area contributed by atoms with Crippen molar-refractivity contribution in [2.75, 3.05) is 19.0 Å². The first-order valence-corrected chi connectivity index (χ1v) is 9.71. The van der Waals surface area contributed by atoms with Crippen LogP contribution in [0.2, 0.25) is 5.02 Å². The Hall–Kier alpha value is -2.09. The number of aryl methyl sites for hydroxylation is 2. The van der Waals surface area contributed by atoms with E-state index in [4.69, 9.17) is 16.3 Å². The van der Waals surface area contributed by atoms with Gasteiger partial charge < -0.3 is 10.1 Å². The molecule has 2 N–H and O–H groups in total. The van der Waals surface area contributed by atoms with E-state index in [1.807, 2.05) is 0 Å². The van der Waals surface area contributed by atoms with Gasteiger partial charge in [0.2, 0.25) is 15.9 Å². The van der Waals surface area contributed by atoms with Gasteiger partial charge in [0.05, 0.1) is 18.6 Å². The number of hydrogen-bond acceptors (Lipinski definition) is 4. The Bertz CT molecular complexity index is 942. The van der Waals surface area contributed by atoms with Crippen molar-refractivity contribution >= 4 is 33.2 Å². The van der Waals surface area contributed by atoms with Crippen LogP contribution in [0.5, 0.6) is 5.75 Å². The van der Waals surface area contributed by atoms with Crippen LogP contribution >= 0.6 is 11.6 Å². The number of rotatable bonds is 6. The molecule has 0 aliphatic heterocycles. The summed E-state index contributed by atoms with van der Waals surface area (Å²) in [6.07, 6.45) is 0. The van der Waals surface area contributed by atoms with E-state index in [9.17, 15) is 13.2 Å². The van der Waals surface area contributed by atoms with Gasteiger partial charge in [-0.1, -0.05) is 17.7 Å². The first-order chi connectivity index (χ1) is 12.2. The minimum atomic E-state index is -3.84. The van der Waals surface area contributed by atoms with Gasteiger partial charge >= 0.3 is 0 Å². The summed E-state index contributed by atoms with van der Waals surface area (Å²) in [5.41, 5.74) is 2.48. The Kier molecular flexibility index (Phi) is 6.28. The maximum Gasteiger partial charge on any atom is 0.241 e. The van der Waals surface area contributed by atoms with E-state index in [1.54, 1.807) is 45.0 Å². The molecule has 140 valence electrons. The molecule has 0 radical (unpaired) electrons. The Morgan fingerprint density at radius 1 is 1.15 bits per heavy atom. The van der Waals surface area contributed by atoms with Gasteiger partial charge in [-0.15, -0.1) is 0 Å². The minimum absolute atomic E-state index is 0.113. The number of amides is 1. The number of anilines is 1. The molecule has 1 amide bonds. The first-order valence-electron chi connectivity index (χ1n) is 7.85. The number of methoxy groups -OCH3 is 1. The van der Waals surface area contributed by atoms with Crippen molar-refractivity contribution in [3.63, 3.8) is 0 Å². The smallest absolute Gasteiger partial charge is 0.241 e. The van der Waals surface area contributed by atoms with Crippen LogP contribution in [0.3, 0.4) is 0 Å². The van der Waals surface area contributed by atoms with E-state index in [0.717, 1.165) is 0 Å². The zero-order chi connectivity index (χ0) is 19.5. The average molecular weight is 397 g/mol. The highest BCUT2D eigenvalue weighted by Crippen LogP contribution is 2.25. The third-order valence-corrected chi connectivity index (χ3v) is 5.90. The van der Waals surface area contributed by atoms with E-state index in [-0.39, 0.29) is 4.90 Å². The van der Waals surface area contributed by atoms with Gasteiger partial charge in [-0.25, -0.2) is 13.1 Å². The summed E-state index contributed by atoms with van der Waals surface area (Å²) in [7, 11) is -2.31. The van der Waals surface area contributed by atoms with Crippen molar-refractivity contribution in [3.05, 3.63) is 52.0 Å². The third kappa shape index (κ3) is 4.55. The summed E-state index contributed by atoms with van der Waals surface area (Å²) in [5, 5.41) is 3.17. The molecular formula is C18H21ClN2O4S. The molecule has 0 saturated heterocycles. The van der Waals surface area contributed by atoms with Gasteiger partial charge in [-0.3, -0.25) is 4.79 Å². The molecule has 0 bridgehead atoms. The number of halogens is 1. The molecular weight excluding hydrogens is 376 g/mol. The van der Waals surface area contributed by atoms with Crippen molar-refractivity contribution in [1.82, 2.24) is 4.72 Å². The summed E-state index contributed by atoms with van der Waals surface area (Å²) in [6.45, 7) is 4.81. The Morgan fingerprint density at radius 2 is 1.85 bits per heavy atom. The van der Waals surface area contributed by atoms with E-state index in [2.05, 4.69) is 10.0 Å². The predicted molar refractivity (Wildman–Crippen MR) is 102 cm³/mol. The van der Waals surface area contributed by atoms with Crippen molar-refractivity contribution in [1.29, 1.82) is 0 Å². The fourth-order valence-electron chi connectivity index (χ4n) is 2.45. The average Bonchev–Trinajstić information content (AvgIpc) is 2.59. The zero-order valence-electron chi connectivity index (χ0n) is 15.0. The van der Waals surface area contributed by atoms with Crippen LogP contribution in [0.25, 0.3) is 0 Å². The summed E-state index contributed by atoms with van der Waals surface area (Å²) in [6, 6.07) is 8.29. The van der Waals surface area contributed by atoms with Crippen LogP contribution in [0.1, 0.15) is 16.7 Å². The zero-order valence-corrected chi connectivity index (χ0v) is 16.6. The summed E-state index contributed by atoms with van der Waals surface area (Å²) in [4.78, 5) is 12.2. The molecule has 0 saturated carbocycles. The number of benzene rings is 2. The van der Waals surface area contributed by atoms with E-state index >= 15 is 0 Å². The lowest BCUT2D eigenvalue weighted by atomic mass is 10.1. The number of nitrogens with one attached hydrogen (secondary N) is 2. The van der Waals surface area contributed by atoms with Gasteiger partial charge in [0.1, 0.15) is 5.75 Å². The SMILES string of the molecule is COc1cc(C)c(S(=O)(=O)NCC(=O)Nc2cccc(Cl)c2C)cc1C. The lowest BCUT2D eigenvalue weighted by molar-refractivity contribution is -0.115. The summed E-state index contributed by atoms with van der Waals surface area (Å²) >= 11 is 6.01. The molecule has 26 heavy (non-hydrogen) atoms. The largest absolute Gasteiger partial charge is 0.496 e. The van der Waals surface area contributed by atoms with Crippen LogP contribution in [0.15, 0.2) is 35.2 Å². The minimum Gasteiger partial charge on any atom is -0.496 e. The van der Waals surface area contributed by atoms with Crippen LogP contribution < -0.4 is 14.8 Å². The van der Waals surface area contributed by atoms with Crippen molar-refractivity contribution < 1.29 is 17.9 Å². The number of hydrogen-bond donors (Lipinski definition) is 2. The highest BCUT2D eigenvalue weighted by atomic mass is 35.5. The maximum atomic E-state index is 12.5. The Balaban J connectivity index is 2.12. The topological polar surface area (TPSA) is 84.5 Å². The molecule has 2 aromatic carbocycles. The van der Waals surface area contributed by atoms with E-state index in [1.165, 1.54) is 13.2 Å². The Morgan fingerprint density at radius 3 is 2.50 bits per heavy atom. The molecule has 2 rings (SSSR count).